The van der Waals surface area contributed by atoms with Crippen molar-refractivity contribution >= 4 is 27.3 Å². The predicted molar refractivity (Wildman–Crippen MR) is 64.6 cm³/mol. The van der Waals surface area contributed by atoms with E-state index in [-0.39, 0.29) is 6.61 Å². The fourth-order valence-corrected chi connectivity index (χ4v) is 2.60. The number of halogens is 1. The maximum atomic E-state index is 8.98. The zero-order valence-electron chi connectivity index (χ0n) is 8.29. The molecule has 0 aromatic carbocycles. The molecule has 0 bridgehead atoms. The molecule has 0 aliphatic heterocycles. The largest absolute Gasteiger partial charge is 0.396 e. The minimum atomic E-state index is 0.275. The van der Waals surface area contributed by atoms with Gasteiger partial charge in [-0.3, -0.25) is 0 Å². The second kappa shape index (κ2) is 6.56. The summed E-state index contributed by atoms with van der Waals surface area (Å²) in [6.07, 6.45) is 1.03. The molecule has 1 rings (SSSR count). The molecule has 0 saturated heterocycles. The Bertz CT molecular complexity index is 260. The molecule has 0 amide bonds. The number of hydrogen-bond acceptors (Lipinski definition) is 3. The van der Waals surface area contributed by atoms with Gasteiger partial charge in [-0.2, -0.15) is 0 Å². The van der Waals surface area contributed by atoms with E-state index in [2.05, 4.69) is 39.6 Å². The number of thiophene rings is 1. The van der Waals surface area contributed by atoms with Crippen LogP contribution in [0.3, 0.4) is 0 Å². The Morgan fingerprint density at radius 3 is 2.93 bits per heavy atom. The van der Waals surface area contributed by atoms with Crippen LogP contribution in [0.1, 0.15) is 18.2 Å². The van der Waals surface area contributed by atoms with Crippen molar-refractivity contribution in [2.75, 3.05) is 13.2 Å². The Hall–Kier alpha value is 0.1000. The number of hydrogen-bond donors (Lipinski definition) is 2. The molecule has 2 N–H and O–H groups in total. The van der Waals surface area contributed by atoms with Gasteiger partial charge < -0.3 is 10.4 Å². The van der Waals surface area contributed by atoms with Gasteiger partial charge in [-0.1, -0.05) is 6.92 Å². The average molecular weight is 278 g/mol. The first-order chi connectivity index (χ1) is 6.76. The molecule has 0 fully saturated rings. The Balaban J connectivity index is 2.21. The van der Waals surface area contributed by atoms with Crippen LogP contribution in [0.25, 0.3) is 0 Å². The molecule has 1 aromatic heterocycles. The van der Waals surface area contributed by atoms with Crippen LogP contribution in [0.5, 0.6) is 0 Å². The smallest absolute Gasteiger partial charge is 0.0471 e. The first-order valence-corrected chi connectivity index (χ1v) is 6.48. The van der Waals surface area contributed by atoms with Gasteiger partial charge in [0.25, 0.3) is 0 Å². The third-order valence-electron chi connectivity index (χ3n) is 2.19. The zero-order valence-corrected chi connectivity index (χ0v) is 10.7. The van der Waals surface area contributed by atoms with Crippen molar-refractivity contribution < 1.29 is 5.11 Å². The van der Waals surface area contributed by atoms with Crippen LogP contribution in [-0.4, -0.2) is 18.3 Å². The van der Waals surface area contributed by atoms with Gasteiger partial charge in [-0.05, 0) is 34.3 Å². The second-order valence-corrected chi connectivity index (χ2v) is 5.23. The summed E-state index contributed by atoms with van der Waals surface area (Å²) in [4.78, 5) is 1.32. The van der Waals surface area contributed by atoms with Gasteiger partial charge in [0.05, 0.1) is 0 Å². The summed E-state index contributed by atoms with van der Waals surface area (Å²) in [6, 6.07) is 2.12. The third-order valence-corrected chi connectivity index (χ3v) is 3.89. The Labute approximate surface area is 97.5 Å². The SMILES string of the molecule is CCC(CO)CNCc1cc(Br)cs1. The van der Waals surface area contributed by atoms with E-state index < -0.39 is 0 Å². The second-order valence-electron chi connectivity index (χ2n) is 3.32. The Morgan fingerprint density at radius 1 is 1.64 bits per heavy atom. The van der Waals surface area contributed by atoms with Crippen LogP contribution in [0.4, 0.5) is 0 Å². The van der Waals surface area contributed by atoms with Crippen molar-refractivity contribution in [1.29, 1.82) is 0 Å². The number of aliphatic hydroxyl groups excluding tert-OH is 1. The molecule has 0 spiro atoms. The Morgan fingerprint density at radius 2 is 2.43 bits per heavy atom. The average Bonchev–Trinajstić information content (AvgIpc) is 2.59. The van der Waals surface area contributed by atoms with Crippen molar-refractivity contribution in [2.24, 2.45) is 5.92 Å². The highest BCUT2D eigenvalue weighted by molar-refractivity contribution is 9.10. The van der Waals surface area contributed by atoms with E-state index in [0.717, 1.165) is 24.0 Å². The lowest BCUT2D eigenvalue weighted by atomic mass is 10.1. The van der Waals surface area contributed by atoms with Gasteiger partial charge in [0, 0.05) is 34.4 Å². The van der Waals surface area contributed by atoms with Gasteiger partial charge >= 0.3 is 0 Å². The molecular formula is C10H16BrNOS. The number of nitrogens with one attached hydrogen (secondary N) is 1. The predicted octanol–water partition coefficient (Wildman–Crippen LogP) is 2.62. The van der Waals surface area contributed by atoms with Crippen LogP contribution in [0, 0.1) is 5.92 Å². The van der Waals surface area contributed by atoms with E-state index in [4.69, 9.17) is 5.11 Å². The lowest BCUT2D eigenvalue weighted by molar-refractivity contribution is 0.218. The van der Waals surface area contributed by atoms with Gasteiger partial charge in [0.1, 0.15) is 0 Å². The molecule has 80 valence electrons. The minimum Gasteiger partial charge on any atom is -0.396 e. The van der Waals surface area contributed by atoms with Crippen molar-refractivity contribution in [1.82, 2.24) is 5.32 Å². The molecule has 0 saturated carbocycles. The van der Waals surface area contributed by atoms with E-state index in [0.29, 0.717) is 5.92 Å². The third kappa shape index (κ3) is 4.09. The topological polar surface area (TPSA) is 32.3 Å². The molecule has 1 heterocycles. The van der Waals surface area contributed by atoms with Crippen LogP contribution >= 0.6 is 27.3 Å². The summed E-state index contributed by atoms with van der Waals surface area (Å²) >= 11 is 5.17. The van der Waals surface area contributed by atoms with E-state index in [9.17, 15) is 0 Å². The quantitative estimate of drug-likeness (QED) is 0.838. The highest BCUT2D eigenvalue weighted by Crippen LogP contribution is 2.19. The molecule has 1 unspecified atom stereocenters. The number of rotatable bonds is 6. The van der Waals surface area contributed by atoms with Crippen molar-refractivity contribution in [3.63, 3.8) is 0 Å². The maximum Gasteiger partial charge on any atom is 0.0471 e. The van der Waals surface area contributed by atoms with E-state index in [1.165, 1.54) is 4.88 Å². The maximum absolute atomic E-state index is 8.98. The lowest BCUT2D eigenvalue weighted by Crippen LogP contribution is -2.23. The fourth-order valence-electron chi connectivity index (χ4n) is 1.18. The minimum absolute atomic E-state index is 0.275. The van der Waals surface area contributed by atoms with Gasteiger partial charge in [-0.15, -0.1) is 11.3 Å². The summed E-state index contributed by atoms with van der Waals surface area (Å²) in [7, 11) is 0. The summed E-state index contributed by atoms with van der Waals surface area (Å²) in [5, 5.41) is 14.4. The normalized spacial score (nSPS) is 13.1. The van der Waals surface area contributed by atoms with Crippen LogP contribution in [-0.2, 0) is 6.54 Å². The molecule has 4 heteroatoms. The van der Waals surface area contributed by atoms with E-state index in [1.807, 2.05) is 0 Å². The standard InChI is InChI=1S/C10H16BrNOS/c1-2-8(6-13)4-12-5-10-3-9(11)7-14-10/h3,7-8,12-13H,2,4-6H2,1H3. The van der Waals surface area contributed by atoms with Crippen LogP contribution < -0.4 is 5.32 Å². The highest BCUT2D eigenvalue weighted by Gasteiger charge is 2.03. The fraction of sp³-hybridized carbons (Fsp3) is 0.600. The van der Waals surface area contributed by atoms with E-state index >= 15 is 0 Å². The van der Waals surface area contributed by atoms with Crippen molar-refractivity contribution in [3.05, 3.63) is 20.8 Å². The first-order valence-electron chi connectivity index (χ1n) is 4.80. The van der Waals surface area contributed by atoms with E-state index in [1.54, 1.807) is 11.3 Å². The zero-order chi connectivity index (χ0) is 10.4. The molecule has 2 nitrogen and oxygen atoms in total. The summed E-state index contributed by atoms with van der Waals surface area (Å²) in [5.41, 5.74) is 0. The molecule has 0 aliphatic carbocycles. The summed E-state index contributed by atoms with van der Waals surface area (Å²) < 4.78 is 1.15. The highest BCUT2D eigenvalue weighted by atomic mass is 79.9. The monoisotopic (exact) mass is 277 g/mol. The summed E-state index contributed by atoms with van der Waals surface area (Å²) in [5.74, 6) is 0.387. The van der Waals surface area contributed by atoms with Crippen molar-refractivity contribution in [3.8, 4) is 0 Å². The van der Waals surface area contributed by atoms with Gasteiger partial charge in [-0.25, -0.2) is 0 Å². The molecule has 1 atom stereocenters. The van der Waals surface area contributed by atoms with Gasteiger partial charge in [0.15, 0.2) is 0 Å². The molecule has 0 aliphatic rings. The molecule has 0 radical (unpaired) electrons. The van der Waals surface area contributed by atoms with Crippen LogP contribution in [0.15, 0.2) is 15.9 Å². The molecule has 1 aromatic rings. The number of aliphatic hydroxyl groups is 1. The van der Waals surface area contributed by atoms with Gasteiger partial charge in [0.2, 0.25) is 0 Å². The molecular weight excluding hydrogens is 262 g/mol. The van der Waals surface area contributed by atoms with Crippen LogP contribution in [0.2, 0.25) is 0 Å². The first kappa shape index (κ1) is 12.2. The molecule has 14 heavy (non-hydrogen) atoms. The van der Waals surface area contributed by atoms with Crippen molar-refractivity contribution in [2.45, 2.75) is 19.9 Å². The summed E-state index contributed by atoms with van der Waals surface area (Å²) in [6.45, 7) is 4.16. The Kier molecular flexibility index (Phi) is 5.70. The lowest BCUT2D eigenvalue weighted by Gasteiger charge is -2.11.